The van der Waals surface area contributed by atoms with Crippen LogP contribution < -0.4 is 10.6 Å². The molecule has 196 valence electrons. The first-order chi connectivity index (χ1) is 17.9. The summed E-state index contributed by atoms with van der Waals surface area (Å²) in [6, 6.07) is 5.72. The molecule has 5 rings (SSSR count). The van der Waals surface area contributed by atoms with Crippen molar-refractivity contribution in [2.45, 2.75) is 36.5 Å². The monoisotopic (exact) mass is 547 g/mol. The second-order valence-corrected chi connectivity index (χ2v) is 11.3. The van der Waals surface area contributed by atoms with E-state index in [4.69, 9.17) is 0 Å². The molecular formula is C24H27F2N7O2S2. The van der Waals surface area contributed by atoms with E-state index in [2.05, 4.69) is 32.5 Å². The summed E-state index contributed by atoms with van der Waals surface area (Å²) >= 11 is 1.92. The van der Waals surface area contributed by atoms with Crippen molar-refractivity contribution in [1.29, 1.82) is 0 Å². The normalized spacial score (nSPS) is 18.4. The summed E-state index contributed by atoms with van der Waals surface area (Å²) in [5.41, 5.74) is 1.47. The molecule has 2 saturated heterocycles. The molecular weight excluding hydrogens is 520 g/mol. The van der Waals surface area contributed by atoms with Crippen LogP contribution in [-0.2, 0) is 4.79 Å². The third kappa shape index (κ3) is 6.09. The van der Waals surface area contributed by atoms with Gasteiger partial charge in [0.25, 0.3) is 11.7 Å². The standard InChI is InChI=1S/C24H27F2N7O2S2/c1-14(9-27-23-28-11-17(12-29-23)36-22(25)26)10-30-24-31-18-4-2-15(8-19(18)37-24)21(35)32-6-7-33-16(13-32)3-5-20(33)34/h2,4,8,11-12,14,16,22H,3,5-7,9-10,13H2,1H3,(H,30,31)(H,27,28,29)/t14-,16?/m0/s1. The highest BCUT2D eigenvalue weighted by atomic mass is 32.2. The van der Waals surface area contributed by atoms with Gasteiger partial charge in [-0.3, -0.25) is 9.59 Å². The second-order valence-electron chi connectivity index (χ2n) is 9.22. The molecule has 4 heterocycles. The number of thioether (sulfide) groups is 1. The van der Waals surface area contributed by atoms with Crippen molar-refractivity contribution in [3.8, 4) is 0 Å². The van der Waals surface area contributed by atoms with Gasteiger partial charge < -0.3 is 20.4 Å². The highest BCUT2D eigenvalue weighted by Crippen LogP contribution is 2.29. The quantitative estimate of drug-likeness (QED) is 0.388. The summed E-state index contributed by atoms with van der Waals surface area (Å²) in [4.78, 5) is 41.9. The van der Waals surface area contributed by atoms with E-state index < -0.39 is 5.76 Å². The highest BCUT2D eigenvalue weighted by Gasteiger charge is 2.37. The van der Waals surface area contributed by atoms with Gasteiger partial charge in [-0.25, -0.2) is 15.0 Å². The molecule has 3 aromatic rings. The number of thiazole rings is 1. The Morgan fingerprint density at radius 3 is 2.78 bits per heavy atom. The summed E-state index contributed by atoms with van der Waals surface area (Å²) in [6.45, 7) is 5.06. The lowest BCUT2D eigenvalue weighted by Gasteiger charge is -2.37. The zero-order valence-corrected chi connectivity index (χ0v) is 21.8. The SMILES string of the molecule is C[C@@H](CNc1ncc(SC(F)F)cn1)CNc1nc2ccc(C(=O)N3CCN4C(=O)CCC4C3)cc2s1. The molecule has 2 aliphatic rings. The Balaban J connectivity index is 1.13. The van der Waals surface area contributed by atoms with E-state index in [0.717, 1.165) is 21.8 Å². The number of amides is 2. The molecule has 0 bridgehead atoms. The van der Waals surface area contributed by atoms with Crippen LogP contribution in [0.2, 0.25) is 0 Å². The van der Waals surface area contributed by atoms with Gasteiger partial charge in [0.2, 0.25) is 11.9 Å². The molecule has 2 atom stereocenters. The van der Waals surface area contributed by atoms with Crippen molar-refractivity contribution in [2.75, 3.05) is 43.4 Å². The lowest BCUT2D eigenvalue weighted by atomic mass is 10.1. The predicted molar refractivity (Wildman–Crippen MR) is 140 cm³/mol. The molecule has 0 radical (unpaired) electrons. The molecule has 2 amide bonds. The van der Waals surface area contributed by atoms with Gasteiger partial charge in [0.1, 0.15) is 0 Å². The zero-order valence-electron chi connectivity index (χ0n) is 20.2. The van der Waals surface area contributed by atoms with Crippen molar-refractivity contribution in [1.82, 2.24) is 24.8 Å². The van der Waals surface area contributed by atoms with Gasteiger partial charge in [-0.1, -0.05) is 30.0 Å². The number of rotatable bonds is 9. The van der Waals surface area contributed by atoms with E-state index in [9.17, 15) is 18.4 Å². The molecule has 1 aromatic carbocycles. The average Bonchev–Trinajstić information content (AvgIpc) is 3.48. The van der Waals surface area contributed by atoms with Crippen LogP contribution in [0.1, 0.15) is 30.1 Å². The van der Waals surface area contributed by atoms with Crippen LogP contribution in [-0.4, -0.2) is 81.1 Å². The maximum atomic E-state index is 13.1. The summed E-state index contributed by atoms with van der Waals surface area (Å²) in [6.07, 6.45) is 4.16. The maximum absolute atomic E-state index is 13.1. The fourth-order valence-corrected chi connectivity index (χ4v) is 5.88. The van der Waals surface area contributed by atoms with Crippen molar-refractivity contribution >= 4 is 56.2 Å². The molecule has 2 N–H and O–H groups in total. The summed E-state index contributed by atoms with van der Waals surface area (Å²) in [5.74, 6) is -1.70. The highest BCUT2D eigenvalue weighted by molar-refractivity contribution is 7.99. The molecule has 0 spiro atoms. The fraction of sp³-hybridized carbons (Fsp3) is 0.458. The molecule has 9 nitrogen and oxygen atoms in total. The number of aromatic nitrogens is 3. The van der Waals surface area contributed by atoms with E-state index in [1.165, 1.54) is 23.7 Å². The molecule has 0 aliphatic carbocycles. The maximum Gasteiger partial charge on any atom is 0.289 e. The zero-order chi connectivity index (χ0) is 25.9. The van der Waals surface area contributed by atoms with Crippen LogP contribution in [0.4, 0.5) is 19.9 Å². The first kappa shape index (κ1) is 25.6. The number of nitrogens with one attached hydrogen (secondary N) is 2. The van der Waals surface area contributed by atoms with Crippen LogP contribution in [0.15, 0.2) is 35.5 Å². The van der Waals surface area contributed by atoms with Crippen molar-refractivity contribution < 1.29 is 18.4 Å². The van der Waals surface area contributed by atoms with Crippen molar-refractivity contribution in [2.24, 2.45) is 5.92 Å². The number of nitrogens with zero attached hydrogens (tertiary/aromatic N) is 5. The minimum Gasteiger partial charge on any atom is -0.361 e. The van der Waals surface area contributed by atoms with Gasteiger partial charge in [-0.15, -0.1) is 0 Å². The Hall–Kier alpha value is -3.06. The van der Waals surface area contributed by atoms with Crippen LogP contribution in [0.5, 0.6) is 0 Å². The fourth-order valence-electron chi connectivity index (χ4n) is 4.54. The van der Waals surface area contributed by atoms with Crippen LogP contribution in [0.3, 0.4) is 0 Å². The lowest BCUT2D eigenvalue weighted by molar-refractivity contribution is -0.130. The topological polar surface area (TPSA) is 103 Å². The minimum atomic E-state index is -2.50. The van der Waals surface area contributed by atoms with Gasteiger partial charge in [0.05, 0.1) is 10.2 Å². The molecule has 0 saturated carbocycles. The summed E-state index contributed by atoms with van der Waals surface area (Å²) < 4.78 is 25.7. The van der Waals surface area contributed by atoms with Crippen LogP contribution >= 0.6 is 23.1 Å². The second kappa shape index (κ2) is 11.1. The molecule has 13 heteroatoms. The minimum absolute atomic E-state index is 0.00782. The van der Waals surface area contributed by atoms with Gasteiger partial charge in [0, 0.05) is 68.0 Å². The Morgan fingerprint density at radius 1 is 1.22 bits per heavy atom. The number of fused-ring (bicyclic) bond motifs is 2. The van der Waals surface area contributed by atoms with E-state index in [1.54, 1.807) is 0 Å². The Morgan fingerprint density at radius 2 is 2.00 bits per heavy atom. The van der Waals surface area contributed by atoms with Gasteiger partial charge >= 0.3 is 0 Å². The molecule has 1 unspecified atom stereocenters. The number of halogens is 2. The molecule has 2 aromatic heterocycles. The number of hydrogen-bond acceptors (Lipinski definition) is 9. The molecule has 2 fully saturated rings. The first-order valence-electron chi connectivity index (χ1n) is 12.1. The van der Waals surface area contributed by atoms with Crippen LogP contribution in [0, 0.1) is 5.92 Å². The first-order valence-corrected chi connectivity index (χ1v) is 13.8. The lowest BCUT2D eigenvalue weighted by Crippen LogP contribution is -2.53. The number of carbonyl (C=O) groups excluding carboxylic acids is 2. The van der Waals surface area contributed by atoms with E-state index in [0.29, 0.717) is 67.3 Å². The van der Waals surface area contributed by atoms with E-state index in [-0.39, 0.29) is 23.8 Å². The number of anilines is 2. The Kier molecular flexibility index (Phi) is 7.70. The van der Waals surface area contributed by atoms with Gasteiger partial charge in [-0.05, 0) is 30.5 Å². The molecule has 37 heavy (non-hydrogen) atoms. The summed E-state index contributed by atoms with van der Waals surface area (Å²) in [7, 11) is 0. The molecule has 2 aliphatic heterocycles. The third-order valence-electron chi connectivity index (χ3n) is 6.48. The predicted octanol–water partition coefficient (Wildman–Crippen LogP) is 4.01. The number of benzene rings is 1. The number of hydrogen-bond donors (Lipinski definition) is 2. The number of alkyl halides is 2. The number of carbonyl (C=O) groups is 2. The van der Waals surface area contributed by atoms with Crippen molar-refractivity contribution in [3.63, 3.8) is 0 Å². The number of piperazine rings is 1. The van der Waals surface area contributed by atoms with Crippen LogP contribution in [0.25, 0.3) is 10.2 Å². The average molecular weight is 548 g/mol. The Labute approximate surface area is 221 Å². The Bertz CT molecular complexity index is 1270. The third-order valence-corrected chi connectivity index (χ3v) is 8.12. The van der Waals surface area contributed by atoms with Gasteiger partial charge in [-0.2, -0.15) is 8.78 Å². The van der Waals surface area contributed by atoms with Gasteiger partial charge in [0.15, 0.2) is 5.13 Å². The smallest absolute Gasteiger partial charge is 0.289 e. The van der Waals surface area contributed by atoms with Crippen molar-refractivity contribution in [3.05, 3.63) is 36.2 Å². The summed E-state index contributed by atoms with van der Waals surface area (Å²) in [5, 5.41) is 7.24. The largest absolute Gasteiger partial charge is 0.361 e. The van der Waals surface area contributed by atoms with E-state index in [1.807, 2.05) is 28.0 Å². The van der Waals surface area contributed by atoms with E-state index >= 15 is 0 Å².